The zero-order valence-electron chi connectivity index (χ0n) is 16.4. The lowest BCUT2D eigenvalue weighted by atomic mass is 9.75. The fourth-order valence-electron chi connectivity index (χ4n) is 4.47. The van der Waals surface area contributed by atoms with Gasteiger partial charge in [0, 0.05) is 18.0 Å². The number of nitrogens with one attached hydrogen (secondary N) is 1. The van der Waals surface area contributed by atoms with Gasteiger partial charge < -0.3 is 10.1 Å². The van der Waals surface area contributed by atoms with E-state index in [4.69, 9.17) is 4.74 Å². The molecule has 1 aliphatic carbocycles. The maximum atomic E-state index is 13.4. The van der Waals surface area contributed by atoms with Crippen LogP contribution in [0, 0.1) is 12.8 Å². The van der Waals surface area contributed by atoms with E-state index in [1.807, 2.05) is 41.1 Å². The Morgan fingerprint density at radius 3 is 2.69 bits per heavy atom. The lowest BCUT2D eigenvalue weighted by Crippen LogP contribution is -2.40. The molecule has 0 saturated heterocycles. The van der Waals surface area contributed by atoms with Crippen molar-refractivity contribution in [3.63, 3.8) is 0 Å². The number of aryl methyl sites for hydroxylation is 1. The first-order valence-corrected chi connectivity index (χ1v) is 9.76. The van der Waals surface area contributed by atoms with Crippen molar-refractivity contribution in [3.8, 4) is 5.75 Å². The molecule has 2 heterocycles. The largest absolute Gasteiger partial charge is 0.497 e. The minimum absolute atomic E-state index is 0.0270. The normalized spacial score (nSPS) is 22.9. The van der Waals surface area contributed by atoms with Crippen LogP contribution in [0.25, 0.3) is 0 Å². The summed E-state index contributed by atoms with van der Waals surface area (Å²) in [6.07, 6.45) is 4.18. The van der Waals surface area contributed by atoms with Crippen LogP contribution in [0.2, 0.25) is 0 Å². The lowest BCUT2D eigenvalue weighted by Gasteiger charge is -2.38. The van der Waals surface area contributed by atoms with Gasteiger partial charge in [0.05, 0.1) is 19.1 Å². The van der Waals surface area contributed by atoms with Crippen molar-refractivity contribution in [2.75, 3.05) is 12.4 Å². The predicted octanol–water partition coefficient (Wildman–Crippen LogP) is 3.87. The molecule has 1 aliphatic heterocycles. The second-order valence-electron chi connectivity index (χ2n) is 7.60. The highest BCUT2D eigenvalue weighted by atomic mass is 16.5. The topological polar surface area (TPSA) is 69.0 Å². The number of hydrogen-bond donors (Lipinski definition) is 1. The summed E-state index contributed by atoms with van der Waals surface area (Å²) in [7, 11) is 1.65. The van der Waals surface area contributed by atoms with Gasteiger partial charge >= 0.3 is 0 Å². The number of aromatic nitrogens is 3. The van der Waals surface area contributed by atoms with E-state index in [0.29, 0.717) is 12.4 Å². The lowest BCUT2D eigenvalue weighted by molar-refractivity contribution is -0.123. The standard InChI is InChI=1S/C23H22N4O2/c1-14-5-3-4-6-18(14)22-21-19(26-23-24-13-25-27(22)23)11-16(12-20(21)28)15-7-9-17(29-2)10-8-15/h3-11,13,16,21-22H,12H2,1-2H3,(H,24,25,26)/t16-,21+,22+/m1/s1. The number of ketones is 1. The van der Waals surface area contributed by atoms with Crippen LogP contribution in [0.4, 0.5) is 5.95 Å². The Kier molecular flexibility index (Phi) is 4.19. The number of carbonyl (C=O) groups excluding carboxylic acids is 1. The van der Waals surface area contributed by atoms with Gasteiger partial charge in [-0.2, -0.15) is 10.1 Å². The second-order valence-corrected chi connectivity index (χ2v) is 7.60. The van der Waals surface area contributed by atoms with Crippen molar-refractivity contribution in [3.05, 3.63) is 83.3 Å². The molecule has 146 valence electrons. The van der Waals surface area contributed by atoms with Crippen molar-refractivity contribution < 1.29 is 9.53 Å². The summed E-state index contributed by atoms with van der Waals surface area (Å²) >= 11 is 0. The van der Waals surface area contributed by atoms with Gasteiger partial charge in [0.25, 0.3) is 0 Å². The number of nitrogens with zero attached hydrogens (tertiary/aromatic N) is 3. The number of hydrogen-bond acceptors (Lipinski definition) is 5. The average Bonchev–Trinajstić information content (AvgIpc) is 3.21. The zero-order chi connectivity index (χ0) is 20.0. The molecule has 2 aliphatic rings. The average molecular weight is 386 g/mol. The van der Waals surface area contributed by atoms with E-state index < -0.39 is 0 Å². The van der Waals surface area contributed by atoms with Crippen LogP contribution in [0.1, 0.15) is 35.1 Å². The van der Waals surface area contributed by atoms with Crippen LogP contribution in [-0.2, 0) is 4.79 Å². The summed E-state index contributed by atoms with van der Waals surface area (Å²) < 4.78 is 7.10. The molecule has 0 bridgehead atoms. The molecule has 0 spiro atoms. The van der Waals surface area contributed by atoms with E-state index >= 15 is 0 Å². The number of ether oxygens (including phenoxy) is 1. The van der Waals surface area contributed by atoms with Crippen LogP contribution in [-0.4, -0.2) is 27.7 Å². The Balaban J connectivity index is 1.59. The molecule has 29 heavy (non-hydrogen) atoms. The monoisotopic (exact) mass is 386 g/mol. The maximum absolute atomic E-state index is 13.4. The Labute approximate surface area is 169 Å². The molecule has 0 radical (unpaired) electrons. The van der Waals surface area contributed by atoms with Crippen molar-refractivity contribution >= 4 is 11.7 Å². The van der Waals surface area contributed by atoms with Gasteiger partial charge in [-0.3, -0.25) is 4.79 Å². The van der Waals surface area contributed by atoms with Crippen molar-refractivity contribution in [2.24, 2.45) is 5.92 Å². The molecular formula is C23H22N4O2. The summed E-state index contributed by atoms with van der Waals surface area (Å²) in [4.78, 5) is 17.8. The van der Waals surface area contributed by atoms with E-state index in [0.717, 1.165) is 28.1 Å². The summed E-state index contributed by atoms with van der Waals surface area (Å²) in [5.41, 5.74) is 4.26. The Morgan fingerprint density at radius 2 is 1.93 bits per heavy atom. The fourth-order valence-corrected chi connectivity index (χ4v) is 4.47. The minimum atomic E-state index is -0.292. The van der Waals surface area contributed by atoms with Crippen LogP contribution >= 0.6 is 0 Å². The van der Waals surface area contributed by atoms with Crippen LogP contribution in [0.15, 0.2) is 66.6 Å². The first kappa shape index (κ1) is 17.7. The summed E-state index contributed by atoms with van der Waals surface area (Å²) in [5, 5.41) is 7.78. The molecule has 2 aromatic carbocycles. The smallest absolute Gasteiger partial charge is 0.226 e. The van der Waals surface area contributed by atoms with Gasteiger partial charge in [0.15, 0.2) is 0 Å². The SMILES string of the molecule is COc1ccc([C@@H]2C=C3Nc4ncnn4[C@@H](c4ccccc4C)[C@@H]3C(=O)C2)cc1. The second kappa shape index (κ2) is 6.88. The quantitative estimate of drug-likeness (QED) is 0.740. The molecular weight excluding hydrogens is 364 g/mol. The number of carbonyl (C=O) groups is 1. The number of rotatable bonds is 3. The number of benzene rings is 2. The fraction of sp³-hybridized carbons (Fsp3) is 0.261. The Morgan fingerprint density at radius 1 is 1.14 bits per heavy atom. The number of anilines is 1. The number of Topliss-reactive ketones (excluding diaryl/α,β-unsaturated/α-hetero) is 1. The minimum Gasteiger partial charge on any atom is -0.497 e. The van der Waals surface area contributed by atoms with Crippen molar-refractivity contribution in [2.45, 2.75) is 25.3 Å². The molecule has 5 rings (SSSR count). The van der Waals surface area contributed by atoms with Gasteiger partial charge in [-0.05, 0) is 35.7 Å². The van der Waals surface area contributed by atoms with E-state index in [1.54, 1.807) is 7.11 Å². The highest BCUT2D eigenvalue weighted by molar-refractivity contribution is 5.88. The molecule has 1 aromatic heterocycles. The van der Waals surface area contributed by atoms with Crippen LogP contribution < -0.4 is 10.1 Å². The number of fused-ring (bicyclic) bond motifs is 2. The molecule has 3 atom stereocenters. The molecule has 6 nitrogen and oxygen atoms in total. The van der Waals surface area contributed by atoms with Gasteiger partial charge in [-0.25, -0.2) is 4.68 Å². The maximum Gasteiger partial charge on any atom is 0.226 e. The van der Waals surface area contributed by atoms with E-state index in [-0.39, 0.29) is 23.7 Å². The van der Waals surface area contributed by atoms with Gasteiger partial charge in [-0.1, -0.05) is 42.5 Å². The summed E-state index contributed by atoms with van der Waals surface area (Å²) in [6.45, 7) is 2.07. The van der Waals surface area contributed by atoms with Crippen molar-refractivity contribution in [1.29, 1.82) is 0 Å². The first-order valence-electron chi connectivity index (χ1n) is 9.76. The van der Waals surface area contributed by atoms with Crippen molar-refractivity contribution in [1.82, 2.24) is 14.8 Å². The van der Waals surface area contributed by atoms with Crippen LogP contribution in [0.3, 0.4) is 0 Å². The van der Waals surface area contributed by atoms with Gasteiger partial charge in [-0.15, -0.1) is 0 Å². The third kappa shape index (κ3) is 2.92. The Bertz CT molecular complexity index is 1100. The molecule has 0 saturated carbocycles. The van der Waals surface area contributed by atoms with Crippen LogP contribution in [0.5, 0.6) is 5.75 Å². The van der Waals surface area contributed by atoms with E-state index in [1.165, 1.54) is 6.33 Å². The predicted molar refractivity (Wildman–Crippen MR) is 110 cm³/mol. The molecule has 0 unspecified atom stereocenters. The highest BCUT2D eigenvalue weighted by Gasteiger charge is 2.43. The third-order valence-electron chi connectivity index (χ3n) is 5.94. The molecule has 0 fully saturated rings. The highest BCUT2D eigenvalue weighted by Crippen LogP contribution is 2.44. The first-order chi connectivity index (χ1) is 14.2. The van der Waals surface area contributed by atoms with E-state index in [2.05, 4.69) is 40.5 Å². The zero-order valence-corrected chi connectivity index (χ0v) is 16.4. The van der Waals surface area contributed by atoms with Gasteiger partial charge in [0.2, 0.25) is 5.95 Å². The van der Waals surface area contributed by atoms with Gasteiger partial charge in [0.1, 0.15) is 17.9 Å². The molecule has 3 aromatic rings. The molecule has 6 heteroatoms. The summed E-state index contributed by atoms with van der Waals surface area (Å²) in [5.74, 6) is 1.43. The number of allylic oxidation sites excluding steroid dienone is 2. The summed E-state index contributed by atoms with van der Waals surface area (Å²) in [6, 6.07) is 15.9. The molecule has 1 N–H and O–H groups in total. The molecule has 0 amide bonds. The Hall–Kier alpha value is -3.41. The third-order valence-corrected chi connectivity index (χ3v) is 5.94. The van der Waals surface area contributed by atoms with E-state index in [9.17, 15) is 4.79 Å². The number of methoxy groups -OCH3 is 1.